The maximum atomic E-state index is 11.5. The average molecular weight is 298 g/mol. The second-order valence-corrected chi connectivity index (χ2v) is 5.80. The highest BCUT2D eigenvalue weighted by molar-refractivity contribution is 7.13. The summed E-state index contributed by atoms with van der Waals surface area (Å²) in [6.45, 7) is 3.92. The Bertz CT molecular complexity index is 784. The third-order valence-electron chi connectivity index (χ3n) is 3.35. The molecule has 0 radical (unpaired) electrons. The van der Waals surface area contributed by atoms with E-state index in [9.17, 15) is 9.90 Å². The number of nitrogens with zero attached hydrogens (tertiary/aromatic N) is 2. The molecule has 21 heavy (non-hydrogen) atoms. The molecule has 0 saturated carbocycles. The first-order valence-electron chi connectivity index (χ1n) is 6.52. The standard InChI is InChI=1S/C16H14N2O2S/c1-10-5-3-6-11(2)15(10)18-13(16(19)20)9-12(17-18)14-7-4-8-21-14/h3-9H,1-2H3,(H,19,20). The predicted molar refractivity (Wildman–Crippen MR) is 83.3 cm³/mol. The molecule has 3 rings (SSSR count). The molecule has 0 unspecified atom stereocenters. The van der Waals surface area contributed by atoms with Crippen LogP contribution in [0, 0.1) is 13.8 Å². The van der Waals surface area contributed by atoms with E-state index in [0.717, 1.165) is 21.7 Å². The number of para-hydroxylation sites is 1. The number of rotatable bonds is 3. The van der Waals surface area contributed by atoms with Gasteiger partial charge in [0.15, 0.2) is 5.69 Å². The van der Waals surface area contributed by atoms with Crippen molar-refractivity contribution >= 4 is 17.3 Å². The lowest BCUT2D eigenvalue weighted by Crippen LogP contribution is -2.10. The summed E-state index contributed by atoms with van der Waals surface area (Å²) < 4.78 is 1.53. The van der Waals surface area contributed by atoms with Crippen LogP contribution in [0.25, 0.3) is 16.3 Å². The van der Waals surface area contributed by atoms with Gasteiger partial charge in [-0.2, -0.15) is 5.10 Å². The quantitative estimate of drug-likeness (QED) is 0.797. The van der Waals surface area contributed by atoms with Crippen molar-refractivity contribution in [3.05, 3.63) is 58.6 Å². The fraction of sp³-hybridized carbons (Fsp3) is 0.125. The van der Waals surface area contributed by atoms with Crippen molar-refractivity contribution in [1.82, 2.24) is 9.78 Å². The lowest BCUT2D eigenvalue weighted by molar-refractivity contribution is 0.0687. The molecule has 0 bridgehead atoms. The van der Waals surface area contributed by atoms with E-state index in [1.165, 1.54) is 4.68 Å². The number of carboxylic acids is 1. The maximum absolute atomic E-state index is 11.5. The van der Waals surface area contributed by atoms with Crippen LogP contribution >= 0.6 is 11.3 Å². The molecule has 3 aromatic rings. The van der Waals surface area contributed by atoms with Crippen molar-refractivity contribution in [3.8, 4) is 16.3 Å². The molecule has 0 fully saturated rings. The molecule has 0 aliphatic carbocycles. The number of aromatic carboxylic acids is 1. The van der Waals surface area contributed by atoms with E-state index in [4.69, 9.17) is 0 Å². The Labute approximate surface area is 126 Å². The second-order valence-electron chi connectivity index (χ2n) is 4.85. The van der Waals surface area contributed by atoms with E-state index in [-0.39, 0.29) is 5.69 Å². The number of hydrogen-bond acceptors (Lipinski definition) is 3. The van der Waals surface area contributed by atoms with Gasteiger partial charge in [0.2, 0.25) is 0 Å². The van der Waals surface area contributed by atoms with Gasteiger partial charge in [0, 0.05) is 6.07 Å². The Morgan fingerprint density at radius 1 is 1.19 bits per heavy atom. The molecule has 2 aromatic heterocycles. The van der Waals surface area contributed by atoms with Gasteiger partial charge in [-0.1, -0.05) is 24.3 Å². The molecule has 106 valence electrons. The van der Waals surface area contributed by atoms with Gasteiger partial charge >= 0.3 is 5.97 Å². The zero-order valence-electron chi connectivity index (χ0n) is 11.7. The molecule has 0 aliphatic rings. The summed E-state index contributed by atoms with van der Waals surface area (Å²) in [5.74, 6) is -0.979. The Balaban J connectivity index is 2.25. The zero-order chi connectivity index (χ0) is 15.0. The van der Waals surface area contributed by atoms with Crippen molar-refractivity contribution in [2.24, 2.45) is 0 Å². The highest BCUT2D eigenvalue weighted by Gasteiger charge is 2.19. The highest BCUT2D eigenvalue weighted by Crippen LogP contribution is 2.27. The van der Waals surface area contributed by atoms with Crippen LogP contribution in [0.2, 0.25) is 0 Å². The molecule has 5 heteroatoms. The van der Waals surface area contributed by atoms with Crippen LogP contribution < -0.4 is 0 Å². The van der Waals surface area contributed by atoms with E-state index in [1.807, 2.05) is 49.6 Å². The molecule has 0 atom stereocenters. The molecular weight excluding hydrogens is 284 g/mol. The molecular formula is C16H14N2O2S. The minimum absolute atomic E-state index is 0.177. The van der Waals surface area contributed by atoms with Gasteiger partial charge in [0.1, 0.15) is 5.69 Å². The van der Waals surface area contributed by atoms with Gasteiger partial charge in [-0.3, -0.25) is 0 Å². The van der Waals surface area contributed by atoms with Gasteiger partial charge < -0.3 is 5.11 Å². The number of carboxylic acid groups (broad SMARTS) is 1. The van der Waals surface area contributed by atoms with Gasteiger partial charge in [-0.25, -0.2) is 9.48 Å². The van der Waals surface area contributed by atoms with E-state index in [2.05, 4.69) is 5.10 Å². The van der Waals surface area contributed by atoms with Crippen LogP contribution in [0.1, 0.15) is 21.6 Å². The lowest BCUT2D eigenvalue weighted by Gasteiger charge is -2.11. The second kappa shape index (κ2) is 5.18. The summed E-state index contributed by atoms with van der Waals surface area (Å²) in [7, 11) is 0. The minimum Gasteiger partial charge on any atom is -0.477 e. The van der Waals surface area contributed by atoms with Crippen LogP contribution in [0.15, 0.2) is 41.8 Å². The summed E-state index contributed by atoms with van der Waals surface area (Å²) in [4.78, 5) is 12.5. The number of aromatic nitrogens is 2. The fourth-order valence-corrected chi connectivity index (χ4v) is 3.07. The maximum Gasteiger partial charge on any atom is 0.354 e. The van der Waals surface area contributed by atoms with Crippen molar-refractivity contribution < 1.29 is 9.90 Å². The Morgan fingerprint density at radius 2 is 1.90 bits per heavy atom. The Hall–Kier alpha value is -2.40. The van der Waals surface area contributed by atoms with Gasteiger partial charge in [-0.15, -0.1) is 11.3 Å². The van der Waals surface area contributed by atoms with Gasteiger partial charge in [0.05, 0.1) is 10.6 Å². The van der Waals surface area contributed by atoms with Crippen LogP contribution in [0.3, 0.4) is 0 Å². The molecule has 1 aromatic carbocycles. The topological polar surface area (TPSA) is 55.1 Å². The van der Waals surface area contributed by atoms with Gasteiger partial charge in [0.25, 0.3) is 0 Å². The fourth-order valence-electron chi connectivity index (χ4n) is 2.39. The molecule has 0 amide bonds. The molecule has 2 heterocycles. The van der Waals surface area contributed by atoms with E-state index in [1.54, 1.807) is 17.4 Å². The minimum atomic E-state index is -0.979. The number of thiophene rings is 1. The summed E-state index contributed by atoms with van der Waals surface area (Å²) in [5, 5.41) is 15.9. The third kappa shape index (κ3) is 2.36. The van der Waals surface area contributed by atoms with Crippen LogP contribution in [0.5, 0.6) is 0 Å². The Morgan fingerprint density at radius 3 is 2.48 bits per heavy atom. The van der Waals surface area contributed by atoms with Crippen molar-refractivity contribution in [3.63, 3.8) is 0 Å². The first-order valence-corrected chi connectivity index (χ1v) is 7.39. The molecule has 0 spiro atoms. The van der Waals surface area contributed by atoms with Gasteiger partial charge in [-0.05, 0) is 36.4 Å². The number of carbonyl (C=O) groups is 1. The van der Waals surface area contributed by atoms with E-state index >= 15 is 0 Å². The summed E-state index contributed by atoms with van der Waals surface area (Å²) in [6, 6.07) is 11.4. The largest absolute Gasteiger partial charge is 0.477 e. The molecule has 4 nitrogen and oxygen atoms in total. The van der Waals surface area contributed by atoms with Crippen molar-refractivity contribution in [2.75, 3.05) is 0 Å². The number of hydrogen-bond donors (Lipinski definition) is 1. The third-order valence-corrected chi connectivity index (χ3v) is 4.25. The van der Waals surface area contributed by atoms with E-state index in [0.29, 0.717) is 5.69 Å². The number of benzene rings is 1. The van der Waals surface area contributed by atoms with Crippen LogP contribution in [-0.4, -0.2) is 20.9 Å². The first kappa shape index (κ1) is 13.6. The van der Waals surface area contributed by atoms with Crippen LogP contribution in [0.4, 0.5) is 0 Å². The zero-order valence-corrected chi connectivity index (χ0v) is 12.5. The molecule has 0 saturated heterocycles. The van der Waals surface area contributed by atoms with Crippen molar-refractivity contribution in [1.29, 1.82) is 0 Å². The normalized spacial score (nSPS) is 10.8. The Kier molecular flexibility index (Phi) is 3.35. The summed E-state index contributed by atoms with van der Waals surface area (Å²) >= 11 is 1.54. The van der Waals surface area contributed by atoms with E-state index < -0.39 is 5.97 Å². The highest BCUT2D eigenvalue weighted by atomic mass is 32.1. The van der Waals surface area contributed by atoms with Crippen molar-refractivity contribution in [2.45, 2.75) is 13.8 Å². The first-order chi connectivity index (χ1) is 10.1. The summed E-state index contributed by atoms with van der Waals surface area (Å²) in [6.07, 6.45) is 0. The monoisotopic (exact) mass is 298 g/mol. The SMILES string of the molecule is Cc1cccc(C)c1-n1nc(-c2cccs2)cc1C(=O)O. The molecule has 0 aliphatic heterocycles. The number of aryl methyl sites for hydroxylation is 2. The summed E-state index contributed by atoms with van der Waals surface area (Å²) in [5.41, 5.74) is 3.69. The lowest BCUT2D eigenvalue weighted by atomic mass is 10.1. The van der Waals surface area contributed by atoms with Crippen LogP contribution in [-0.2, 0) is 0 Å². The average Bonchev–Trinajstić information content (AvgIpc) is 3.07. The smallest absolute Gasteiger partial charge is 0.354 e. The predicted octanol–water partition coefficient (Wildman–Crippen LogP) is 3.92. The molecule has 1 N–H and O–H groups in total.